The van der Waals surface area contributed by atoms with Gasteiger partial charge in [-0.05, 0) is 13.0 Å². The van der Waals surface area contributed by atoms with Crippen molar-refractivity contribution in [2.45, 2.75) is 31.0 Å². The third-order valence-electron chi connectivity index (χ3n) is 3.16. The molecule has 1 aliphatic heterocycles. The van der Waals surface area contributed by atoms with Gasteiger partial charge in [0.2, 0.25) is 0 Å². The van der Waals surface area contributed by atoms with Gasteiger partial charge in [-0.25, -0.2) is 0 Å². The summed E-state index contributed by atoms with van der Waals surface area (Å²) in [5.41, 5.74) is 3.64. The van der Waals surface area contributed by atoms with Gasteiger partial charge in [0.1, 0.15) is 17.8 Å². The number of rotatable bonds is 2. The third-order valence-corrected chi connectivity index (χ3v) is 3.16. The lowest BCUT2D eigenvalue weighted by Gasteiger charge is -2.27. The summed E-state index contributed by atoms with van der Waals surface area (Å²) in [4.78, 5) is 11.8. The second-order valence-corrected chi connectivity index (χ2v) is 4.59. The maximum Gasteiger partial charge on any atom is 0.254 e. The quantitative estimate of drug-likeness (QED) is 0.508. The van der Waals surface area contributed by atoms with Crippen molar-refractivity contribution in [3.05, 3.63) is 28.7 Å². The number of hydrogen-bond acceptors (Lipinski definition) is 6. The van der Waals surface area contributed by atoms with Crippen LogP contribution in [0, 0.1) is 0 Å². The van der Waals surface area contributed by atoms with Crippen LogP contribution in [0.15, 0.2) is 23.1 Å². The molecule has 7 nitrogen and oxygen atoms in total. The van der Waals surface area contributed by atoms with Gasteiger partial charge in [-0.3, -0.25) is 9.36 Å². The number of nitrogen functional groups attached to an aromatic ring is 1. The van der Waals surface area contributed by atoms with Crippen molar-refractivity contribution in [2.24, 2.45) is 0 Å². The van der Waals surface area contributed by atoms with E-state index in [1.165, 1.54) is 25.3 Å². The molecule has 1 aromatic heterocycles. The van der Waals surface area contributed by atoms with E-state index in [9.17, 15) is 15.0 Å². The van der Waals surface area contributed by atoms with Crippen LogP contribution in [0.25, 0.3) is 0 Å². The molecule has 18 heavy (non-hydrogen) atoms. The Morgan fingerprint density at radius 1 is 1.61 bits per heavy atom. The lowest BCUT2D eigenvalue weighted by molar-refractivity contribution is -0.0981. The lowest BCUT2D eigenvalue weighted by Crippen LogP contribution is -2.45. The van der Waals surface area contributed by atoms with Crippen molar-refractivity contribution in [1.29, 1.82) is 0 Å². The predicted molar refractivity (Wildman–Crippen MR) is 62.7 cm³/mol. The molecule has 100 valence electrons. The summed E-state index contributed by atoms with van der Waals surface area (Å²) in [6.07, 6.45) is -1.91. The van der Waals surface area contributed by atoms with Crippen LogP contribution in [0.5, 0.6) is 0 Å². The van der Waals surface area contributed by atoms with Crippen molar-refractivity contribution in [3.8, 4) is 0 Å². The average Bonchev–Trinajstić information content (AvgIpc) is 2.52. The van der Waals surface area contributed by atoms with E-state index < -0.39 is 36.2 Å². The SMILES string of the molecule is CC1(O)C(O)[C@@H](CO)O[C@H]1n1ccc(N)cc1=O. The summed E-state index contributed by atoms with van der Waals surface area (Å²) in [6.45, 7) is 0.901. The molecule has 0 saturated carbocycles. The largest absolute Gasteiger partial charge is 0.399 e. The minimum absolute atomic E-state index is 0.299. The molecule has 1 saturated heterocycles. The number of nitrogens with zero attached hydrogens (tertiary/aromatic N) is 1. The number of anilines is 1. The van der Waals surface area contributed by atoms with E-state index >= 15 is 0 Å². The third kappa shape index (κ3) is 1.91. The van der Waals surface area contributed by atoms with Crippen molar-refractivity contribution in [2.75, 3.05) is 12.3 Å². The Kier molecular flexibility index (Phi) is 3.16. The van der Waals surface area contributed by atoms with Crippen molar-refractivity contribution >= 4 is 5.69 Å². The molecule has 5 N–H and O–H groups in total. The smallest absolute Gasteiger partial charge is 0.254 e. The molecule has 2 unspecified atom stereocenters. The van der Waals surface area contributed by atoms with Crippen LogP contribution in [0.4, 0.5) is 5.69 Å². The zero-order valence-corrected chi connectivity index (χ0v) is 9.85. The average molecular weight is 256 g/mol. The predicted octanol–water partition coefficient (Wildman–Crippen LogP) is -1.57. The van der Waals surface area contributed by atoms with Crippen LogP contribution in [0.1, 0.15) is 13.2 Å². The fourth-order valence-electron chi connectivity index (χ4n) is 2.09. The van der Waals surface area contributed by atoms with Gasteiger partial charge in [-0.1, -0.05) is 0 Å². The first-order valence-corrected chi connectivity index (χ1v) is 5.52. The highest BCUT2D eigenvalue weighted by molar-refractivity contribution is 5.34. The number of aromatic nitrogens is 1. The number of pyridine rings is 1. The zero-order chi connectivity index (χ0) is 13.5. The minimum Gasteiger partial charge on any atom is -0.399 e. The maximum absolute atomic E-state index is 11.8. The van der Waals surface area contributed by atoms with Crippen LogP contribution in [-0.2, 0) is 4.74 Å². The molecular formula is C11H16N2O5. The maximum atomic E-state index is 11.8. The van der Waals surface area contributed by atoms with E-state index in [0.717, 1.165) is 4.57 Å². The number of nitrogens with two attached hydrogens (primary N) is 1. The van der Waals surface area contributed by atoms with Crippen molar-refractivity contribution < 1.29 is 20.1 Å². The highest BCUT2D eigenvalue weighted by atomic mass is 16.6. The normalized spacial score (nSPS) is 35.9. The first kappa shape index (κ1) is 13.0. The molecule has 0 spiro atoms. The van der Waals surface area contributed by atoms with Gasteiger partial charge in [-0.15, -0.1) is 0 Å². The molecule has 2 rings (SSSR count). The molecule has 2 heterocycles. The van der Waals surface area contributed by atoms with Gasteiger partial charge < -0.3 is 25.8 Å². The molecule has 1 fully saturated rings. The van der Waals surface area contributed by atoms with Gasteiger partial charge in [0, 0.05) is 18.0 Å². The van der Waals surface area contributed by atoms with Crippen LogP contribution >= 0.6 is 0 Å². The Balaban J connectivity index is 2.42. The van der Waals surface area contributed by atoms with E-state index in [4.69, 9.17) is 15.6 Å². The van der Waals surface area contributed by atoms with Crippen molar-refractivity contribution in [3.63, 3.8) is 0 Å². The Morgan fingerprint density at radius 3 is 2.78 bits per heavy atom. The van der Waals surface area contributed by atoms with Gasteiger partial charge in [0.05, 0.1) is 6.61 Å². The fraction of sp³-hybridized carbons (Fsp3) is 0.545. The molecule has 0 bridgehead atoms. The fourth-order valence-corrected chi connectivity index (χ4v) is 2.09. The van der Waals surface area contributed by atoms with E-state index in [-0.39, 0.29) is 0 Å². The summed E-state index contributed by atoms with van der Waals surface area (Å²) in [6, 6.07) is 2.68. The van der Waals surface area contributed by atoms with Gasteiger partial charge >= 0.3 is 0 Å². The van der Waals surface area contributed by atoms with Crippen molar-refractivity contribution in [1.82, 2.24) is 4.57 Å². The Bertz CT molecular complexity index is 498. The molecule has 0 aromatic carbocycles. The summed E-state index contributed by atoms with van der Waals surface area (Å²) in [7, 11) is 0. The molecular weight excluding hydrogens is 240 g/mol. The number of ether oxygens (including phenoxy) is 1. The zero-order valence-electron chi connectivity index (χ0n) is 9.85. The van der Waals surface area contributed by atoms with E-state index in [1.54, 1.807) is 0 Å². The second kappa shape index (κ2) is 4.36. The van der Waals surface area contributed by atoms with E-state index in [2.05, 4.69) is 0 Å². The highest BCUT2D eigenvalue weighted by Crippen LogP contribution is 2.37. The summed E-state index contributed by atoms with van der Waals surface area (Å²) < 4.78 is 6.45. The standard InChI is InChI=1S/C11H16N2O5/c1-11(17)9(16)7(5-14)18-10(11)13-3-2-6(12)4-8(13)15/h2-4,7,9-10,14,16-17H,5,12H2,1H3/t7-,9?,10-,11?/m1/s1. The summed E-state index contributed by atoms with van der Waals surface area (Å²) in [5.74, 6) is 0. The number of aliphatic hydroxyl groups excluding tert-OH is 2. The minimum atomic E-state index is -1.67. The first-order valence-electron chi connectivity index (χ1n) is 5.52. The number of aliphatic hydroxyl groups is 3. The lowest BCUT2D eigenvalue weighted by atomic mass is 9.96. The van der Waals surface area contributed by atoms with Crippen LogP contribution in [0.2, 0.25) is 0 Å². The van der Waals surface area contributed by atoms with Gasteiger partial charge in [-0.2, -0.15) is 0 Å². The molecule has 7 heteroatoms. The van der Waals surface area contributed by atoms with Gasteiger partial charge in [0.25, 0.3) is 5.56 Å². The monoisotopic (exact) mass is 256 g/mol. The topological polar surface area (TPSA) is 118 Å². The Hall–Kier alpha value is -1.41. The van der Waals surface area contributed by atoms with Crippen LogP contribution < -0.4 is 11.3 Å². The molecule has 0 amide bonds. The summed E-state index contributed by atoms with van der Waals surface area (Å²) in [5, 5.41) is 29.1. The van der Waals surface area contributed by atoms with E-state index in [1.807, 2.05) is 0 Å². The summed E-state index contributed by atoms with van der Waals surface area (Å²) >= 11 is 0. The Labute approximate surface area is 103 Å². The highest BCUT2D eigenvalue weighted by Gasteiger charge is 2.52. The van der Waals surface area contributed by atoms with Gasteiger partial charge in [0.15, 0.2) is 6.23 Å². The van der Waals surface area contributed by atoms with Crippen LogP contribution in [-0.4, -0.2) is 44.3 Å². The first-order chi connectivity index (χ1) is 8.37. The molecule has 0 aliphatic carbocycles. The number of hydrogen-bond donors (Lipinski definition) is 4. The molecule has 1 aromatic rings. The second-order valence-electron chi connectivity index (χ2n) is 4.59. The molecule has 0 radical (unpaired) electrons. The molecule has 4 atom stereocenters. The Morgan fingerprint density at radius 2 is 2.28 bits per heavy atom. The van der Waals surface area contributed by atoms with Crippen LogP contribution in [0.3, 0.4) is 0 Å². The molecule has 1 aliphatic rings. The van der Waals surface area contributed by atoms with E-state index in [0.29, 0.717) is 5.69 Å².